The van der Waals surface area contributed by atoms with E-state index in [1.165, 1.54) is 74.1 Å². The minimum absolute atomic E-state index is 0.333. The summed E-state index contributed by atoms with van der Waals surface area (Å²) in [5.74, 6) is 0.510. The number of nitrogens with two attached hydrogens (primary N) is 1. The van der Waals surface area contributed by atoms with Gasteiger partial charge in [0, 0.05) is 24.9 Å². The number of aryl methyl sites for hydroxylation is 2. The van der Waals surface area contributed by atoms with Crippen molar-refractivity contribution < 1.29 is 14.3 Å². The highest BCUT2D eigenvalue weighted by Gasteiger charge is 2.24. The fraction of sp³-hybridized carbons (Fsp3) is 0.667. The monoisotopic (exact) mass is 420 g/mol. The Morgan fingerprint density at radius 1 is 1.17 bits per heavy atom. The lowest BCUT2D eigenvalue weighted by Gasteiger charge is -2.22. The zero-order valence-corrected chi connectivity index (χ0v) is 18.1. The second-order valence-corrected chi connectivity index (χ2v) is 8.65. The van der Waals surface area contributed by atoms with E-state index in [2.05, 4.69) is 21.0 Å². The van der Waals surface area contributed by atoms with Crippen LogP contribution in [0.2, 0.25) is 0 Å². The standard InChI is InChI=1S/C15H18N2OS.C4H9NO.C2H5NO/c1-2-5-10(6-3-1)18-14-13-11-7-4-8-12(11)19-15(13)17-9-16-14;1-3-6-4-2-5-1;1-2(3)4/h9-10H,1-8H2;5H,1-4H2;1H3,(H2,3,4). The number of primary amides is 1. The Hall–Kier alpha value is -1.77. The maximum Gasteiger partial charge on any atom is 0.225 e. The number of aromatic nitrogens is 2. The Kier molecular flexibility index (Phi) is 8.64. The highest BCUT2D eigenvalue weighted by Crippen LogP contribution is 2.40. The van der Waals surface area contributed by atoms with Crippen LogP contribution in [0.5, 0.6) is 5.88 Å². The van der Waals surface area contributed by atoms with Gasteiger partial charge in [-0.2, -0.15) is 0 Å². The van der Waals surface area contributed by atoms with Crippen molar-refractivity contribution in [2.45, 2.75) is 64.4 Å². The van der Waals surface area contributed by atoms with Crippen LogP contribution >= 0.6 is 11.3 Å². The van der Waals surface area contributed by atoms with Gasteiger partial charge in [-0.05, 0) is 50.5 Å². The van der Waals surface area contributed by atoms with E-state index in [1.54, 1.807) is 6.33 Å². The maximum atomic E-state index is 9.22. The molecular formula is C21H32N4O3S. The molecule has 3 heterocycles. The van der Waals surface area contributed by atoms with Crippen LogP contribution in [0, 0.1) is 0 Å². The number of rotatable bonds is 2. The first-order valence-corrected chi connectivity index (χ1v) is 11.4. The van der Waals surface area contributed by atoms with E-state index in [9.17, 15) is 4.79 Å². The van der Waals surface area contributed by atoms with Crippen molar-refractivity contribution in [1.29, 1.82) is 0 Å². The molecule has 0 unspecified atom stereocenters. The Bertz CT molecular complexity index is 770. The number of ether oxygens (including phenoxy) is 2. The SMILES string of the molecule is C1COCCN1.CC(N)=O.c1nc(OC2CCCCC2)c2c3c(sc2n1)CCC3. The van der Waals surface area contributed by atoms with Crippen molar-refractivity contribution in [2.75, 3.05) is 26.3 Å². The summed E-state index contributed by atoms with van der Waals surface area (Å²) in [6.45, 7) is 5.14. The van der Waals surface area contributed by atoms with Crippen molar-refractivity contribution in [2.24, 2.45) is 5.73 Å². The molecule has 8 heteroatoms. The van der Waals surface area contributed by atoms with Crippen molar-refractivity contribution in [3.8, 4) is 5.88 Å². The molecule has 3 N–H and O–H groups in total. The number of hydrogen-bond donors (Lipinski definition) is 2. The zero-order chi connectivity index (χ0) is 20.5. The molecule has 1 aliphatic heterocycles. The van der Waals surface area contributed by atoms with Gasteiger partial charge < -0.3 is 20.5 Å². The maximum absolute atomic E-state index is 9.22. The number of hydrogen-bond acceptors (Lipinski definition) is 7. The van der Waals surface area contributed by atoms with Crippen LogP contribution in [0.15, 0.2) is 6.33 Å². The molecule has 2 aromatic rings. The lowest BCUT2D eigenvalue weighted by Crippen LogP contribution is -2.30. The van der Waals surface area contributed by atoms with E-state index < -0.39 is 0 Å². The third-order valence-corrected chi connectivity index (χ3v) is 6.34. The zero-order valence-electron chi connectivity index (χ0n) is 17.2. The Labute approximate surface area is 176 Å². The van der Waals surface area contributed by atoms with E-state index in [4.69, 9.17) is 9.47 Å². The number of morpholine rings is 1. The van der Waals surface area contributed by atoms with Gasteiger partial charge in [0.1, 0.15) is 17.3 Å². The van der Waals surface area contributed by atoms with E-state index in [0.29, 0.717) is 6.10 Å². The number of fused-ring (bicyclic) bond motifs is 3. The molecule has 0 aromatic carbocycles. The second-order valence-electron chi connectivity index (χ2n) is 7.57. The lowest BCUT2D eigenvalue weighted by atomic mass is 9.98. The van der Waals surface area contributed by atoms with Crippen LogP contribution in [0.25, 0.3) is 10.2 Å². The van der Waals surface area contributed by atoms with Gasteiger partial charge in [-0.1, -0.05) is 6.42 Å². The first kappa shape index (κ1) is 21.9. The molecule has 0 bridgehead atoms. The summed E-state index contributed by atoms with van der Waals surface area (Å²) < 4.78 is 11.2. The van der Waals surface area contributed by atoms with Gasteiger partial charge in [0.05, 0.1) is 18.6 Å². The van der Waals surface area contributed by atoms with Gasteiger partial charge in [-0.25, -0.2) is 9.97 Å². The summed E-state index contributed by atoms with van der Waals surface area (Å²) in [6.07, 6.45) is 12.0. The first-order valence-electron chi connectivity index (χ1n) is 10.6. The van der Waals surface area contributed by atoms with Crippen molar-refractivity contribution in [3.63, 3.8) is 0 Å². The summed E-state index contributed by atoms with van der Waals surface area (Å²) in [6, 6.07) is 0. The summed E-state index contributed by atoms with van der Waals surface area (Å²) in [4.78, 5) is 20.7. The van der Waals surface area contributed by atoms with E-state index in [0.717, 1.165) is 37.0 Å². The molecule has 7 nitrogen and oxygen atoms in total. The number of thiophene rings is 1. The molecule has 1 amide bonds. The molecule has 2 aromatic heterocycles. The molecule has 29 heavy (non-hydrogen) atoms. The fourth-order valence-electron chi connectivity index (χ4n) is 3.85. The Morgan fingerprint density at radius 3 is 2.52 bits per heavy atom. The van der Waals surface area contributed by atoms with Crippen LogP contribution in [-0.2, 0) is 22.4 Å². The van der Waals surface area contributed by atoms with Gasteiger partial charge in [-0.15, -0.1) is 11.3 Å². The molecule has 3 aliphatic rings. The quantitative estimate of drug-likeness (QED) is 0.775. The number of nitrogens with zero attached hydrogens (tertiary/aromatic N) is 2. The number of carbonyl (C=O) groups is 1. The largest absolute Gasteiger partial charge is 0.474 e. The lowest BCUT2D eigenvalue weighted by molar-refractivity contribution is -0.115. The number of carbonyl (C=O) groups excluding carboxylic acids is 1. The topological polar surface area (TPSA) is 99.4 Å². The molecule has 0 spiro atoms. The summed E-state index contributed by atoms with van der Waals surface area (Å²) >= 11 is 1.83. The molecule has 160 valence electrons. The van der Waals surface area contributed by atoms with Crippen molar-refractivity contribution in [1.82, 2.24) is 15.3 Å². The molecule has 1 saturated heterocycles. The molecule has 1 saturated carbocycles. The molecule has 2 fully saturated rings. The number of nitrogens with one attached hydrogen (secondary N) is 1. The molecule has 0 atom stereocenters. The van der Waals surface area contributed by atoms with Crippen LogP contribution in [-0.4, -0.2) is 48.3 Å². The van der Waals surface area contributed by atoms with Gasteiger partial charge in [0.15, 0.2) is 0 Å². The first-order chi connectivity index (χ1) is 14.1. The van der Waals surface area contributed by atoms with E-state index in [1.807, 2.05) is 11.3 Å². The van der Waals surface area contributed by atoms with Gasteiger partial charge >= 0.3 is 0 Å². The fourth-order valence-corrected chi connectivity index (χ4v) is 5.07. The summed E-state index contributed by atoms with van der Waals surface area (Å²) in [5, 5.41) is 4.37. The third kappa shape index (κ3) is 6.62. The minimum atomic E-state index is -0.333. The van der Waals surface area contributed by atoms with Crippen LogP contribution in [0.3, 0.4) is 0 Å². The average molecular weight is 421 g/mol. The van der Waals surface area contributed by atoms with Crippen LogP contribution in [0.4, 0.5) is 0 Å². The molecular weight excluding hydrogens is 388 g/mol. The van der Waals surface area contributed by atoms with E-state index in [-0.39, 0.29) is 5.91 Å². The molecule has 5 rings (SSSR count). The molecule has 0 radical (unpaired) electrons. The summed E-state index contributed by atoms with van der Waals surface area (Å²) in [7, 11) is 0. The second kappa shape index (κ2) is 11.4. The molecule has 2 aliphatic carbocycles. The predicted molar refractivity (Wildman–Crippen MR) is 115 cm³/mol. The Morgan fingerprint density at radius 2 is 1.90 bits per heavy atom. The normalized spacial score (nSPS) is 18.8. The number of amides is 1. The average Bonchev–Trinajstić information content (AvgIpc) is 3.32. The van der Waals surface area contributed by atoms with E-state index >= 15 is 0 Å². The van der Waals surface area contributed by atoms with Gasteiger partial charge in [0.2, 0.25) is 11.8 Å². The van der Waals surface area contributed by atoms with Gasteiger partial charge in [-0.3, -0.25) is 4.79 Å². The predicted octanol–water partition coefficient (Wildman–Crippen LogP) is 2.99. The smallest absolute Gasteiger partial charge is 0.225 e. The van der Waals surface area contributed by atoms with Crippen LogP contribution in [0.1, 0.15) is 55.9 Å². The third-order valence-electron chi connectivity index (χ3n) is 5.14. The Balaban J connectivity index is 0.000000200. The summed E-state index contributed by atoms with van der Waals surface area (Å²) in [5.41, 5.74) is 5.94. The van der Waals surface area contributed by atoms with Crippen LogP contribution < -0.4 is 15.8 Å². The van der Waals surface area contributed by atoms with Gasteiger partial charge in [0.25, 0.3) is 0 Å². The van der Waals surface area contributed by atoms with Crippen molar-refractivity contribution >= 4 is 27.5 Å². The highest BCUT2D eigenvalue weighted by atomic mass is 32.1. The minimum Gasteiger partial charge on any atom is -0.474 e. The highest BCUT2D eigenvalue weighted by molar-refractivity contribution is 7.18. The van der Waals surface area contributed by atoms with Crippen molar-refractivity contribution in [3.05, 3.63) is 16.8 Å².